The maximum absolute atomic E-state index is 12.3. The van der Waals surface area contributed by atoms with Crippen LogP contribution < -0.4 is 11.1 Å². The van der Waals surface area contributed by atoms with Gasteiger partial charge in [0, 0.05) is 12.1 Å². The first-order valence-electron chi connectivity index (χ1n) is 7.38. The largest absolute Gasteiger partial charge is 0.481 e. The summed E-state index contributed by atoms with van der Waals surface area (Å²) in [5.41, 5.74) is 6.02. The van der Waals surface area contributed by atoms with E-state index in [0.717, 1.165) is 38.5 Å². The van der Waals surface area contributed by atoms with E-state index in [2.05, 4.69) is 5.32 Å². The molecule has 108 valence electrons. The predicted octanol–water partition coefficient (Wildman–Crippen LogP) is 1.26. The Labute approximate surface area is 113 Å². The minimum atomic E-state index is -0.840. The van der Waals surface area contributed by atoms with Crippen molar-refractivity contribution in [1.29, 1.82) is 0 Å². The minimum absolute atomic E-state index is 0.0181. The molecular weight excluding hydrogens is 244 g/mol. The van der Waals surface area contributed by atoms with Gasteiger partial charge in [-0.3, -0.25) is 9.59 Å². The summed E-state index contributed by atoms with van der Waals surface area (Å²) in [5.74, 6) is -1.84. The second kappa shape index (κ2) is 6.37. The van der Waals surface area contributed by atoms with Gasteiger partial charge in [0.1, 0.15) is 0 Å². The first-order chi connectivity index (χ1) is 9.09. The average Bonchev–Trinajstić information content (AvgIpc) is 2.41. The van der Waals surface area contributed by atoms with Crippen LogP contribution in [0.3, 0.4) is 0 Å². The molecule has 2 fully saturated rings. The molecule has 0 aromatic rings. The third-order valence-corrected chi connectivity index (χ3v) is 4.57. The molecule has 2 aliphatic carbocycles. The Morgan fingerprint density at radius 3 is 2.16 bits per heavy atom. The zero-order valence-corrected chi connectivity index (χ0v) is 11.3. The van der Waals surface area contributed by atoms with E-state index in [4.69, 9.17) is 5.73 Å². The molecule has 2 saturated carbocycles. The maximum Gasteiger partial charge on any atom is 0.307 e. The van der Waals surface area contributed by atoms with Gasteiger partial charge in [-0.25, -0.2) is 0 Å². The Hall–Kier alpha value is -1.10. The zero-order chi connectivity index (χ0) is 13.8. The number of amides is 1. The monoisotopic (exact) mass is 268 g/mol. The van der Waals surface area contributed by atoms with Crippen molar-refractivity contribution < 1.29 is 14.7 Å². The molecule has 0 heterocycles. The van der Waals surface area contributed by atoms with Gasteiger partial charge >= 0.3 is 5.97 Å². The van der Waals surface area contributed by atoms with Crippen LogP contribution in [0.4, 0.5) is 0 Å². The van der Waals surface area contributed by atoms with Gasteiger partial charge in [-0.1, -0.05) is 25.7 Å². The highest BCUT2D eigenvalue weighted by atomic mass is 16.4. The van der Waals surface area contributed by atoms with Crippen molar-refractivity contribution in [3.05, 3.63) is 0 Å². The maximum atomic E-state index is 12.3. The molecule has 4 unspecified atom stereocenters. The smallest absolute Gasteiger partial charge is 0.307 e. The van der Waals surface area contributed by atoms with Crippen LogP contribution in [0, 0.1) is 11.8 Å². The van der Waals surface area contributed by atoms with Crippen molar-refractivity contribution in [1.82, 2.24) is 5.32 Å². The molecular formula is C14H24N2O3. The molecule has 5 nitrogen and oxygen atoms in total. The number of carboxylic acid groups (broad SMARTS) is 1. The lowest BCUT2D eigenvalue weighted by atomic mass is 9.78. The Morgan fingerprint density at radius 1 is 0.947 bits per heavy atom. The highest BCUT2D eigenvalue weighted by Gasteiger charge is 2.37. The van der Waals surface area contributed by atoms with E-state index < -0.39 is 11.9 Å². The summed E-state index contributed by atoms with van der Waals surface area (Å²) in [4.78, 5) is 23.5. The van der Waals surface area contributed by atoms with Crippen molar-refractivity contribution in [3.63, 3.8) is 0 Å². The number of carboxylic acids is 1. The van der Waals surface area contributed by atoms with Crippen LogP contribution in [0.1, 0.15) is 51.4 Å². The lowest BCUT2D eigenvalue weighted by Gasteiger charge is -2.33. The molecule has 0 aliphatic heterocycles. The van der Waals surface area contributed by atoms with Gasteiger partial charge in [-0.05, 0) is 25.7 Å². The highest BCUT2D eigenvalue weighted by Crippen LogP contribution is 2.31. The van der Waals surface area contributed by atoms with E-state index in [1.165, 1.54) is 0 Å². The molecule has 19 heavy (non-hydrogen) atoms. The molecule has 1 amide bonds. The Bertz CT molecular complexity index is 346. The van der Waals surface area contributed by atoms with Crippen molar-refractivity contribution in [2.75, 3.05) is 0 Å². The molecule has 2 rings (SSSR count). The Balaban J connectivity index is 1.95. The number of rotatable bonds is 3. The minimum Gasteiger partial charge on any atom is -0.481 e. The number of carbonyl (C=O) groups is 2. The first kappa shape index (κ1) is 14.3. The Morgan fingerprint density at radius 2 is 1.53 bits per heavy atom. The van der Waals surface area contributed by atoms with Crippen LogP contribution in [-0.2, 0) is 9.59 Å². The number of nitrogens with one attached hydrogen (secondary N) is 1. The van der Waals surface area contributed by atoms with E-state index in [1.807, 2.05) is 0 Å². The van der Waals surface area contributed by atoms with E-state index in [0.29, 0.717) is 12.8 Å². The summed E-state index contributed by atoms with van der Waals surface area (Å²) in [7, 11) is 0. The highest BCUT2D eigenvalue weighted by molar-refractivity contribution is 5.85. The van der Waals surface area contributed by atoms with Gasteiger partial charge in [-0.15, -0.1) is 0 Å². The van der Waals surface area contributed by atoms with Gasteiger partial charge in [0.15, 0.2) is 0 Å². The molecule has 0 bridgehead atoms. The van der Waals surface area contributed by atoms with Crippen LogP contribution in [0.5, 0.6) is 0 Å². The Kier molecular flexibility index (Phi) is 4.80. The summed E-state index contributed by atoms with van der Waals surface area (Å²) in [5, 5.41) is 12.2. The van der Waals surface area contributed by atoms with Crippen molar-refractivity contribution in [3.8, 4) is 0 Å². The summed E-state index contributed by atoms with van der Waals surface area (Å²) in [6.45, 7) is 0. The second-order valence-electron chi connectivity index (χ2n) is 5.90. The number of carbonyl (C=O) groups excluding carboxylic acids is 1. The lowest BCUT2D eigenvalue weighted by molar-refractivity contribution is -0.149. The van der Waals surface area contributed by atoms with Gasteiger partial charge < -0.3 is 16.2 Å². The van der Waals surface area contributed by atoms with Crippen molar-refractivity contribution in [2.24, 2.45) is 17.6 Å². The number of hydrogen-bond donors (Lipinski definition) is 3. The van der Waals surface area contributed by atoms with Crippen LogP contribution in [0.15, 0.2) is 0 Å². The van der Waals surface area contributed by atoms with E-state index >= 15 is 0 Å². The van der Waals surface area contributed by atoms with Crippen LogP contribution in [-0.4, -0.2) is 29.1 Å². The van der Waals surface area contributed by atoms with E-state index in [-0.39, 0.29) is 23.9 Å². The zero-order valence-electron chi connectivity index (χ0n) is 11.3. The fourth-order valence-corrected chi connectivity index (χ4v) is 3.37. The summed E-state index contributed by atoms with van der Waals surface area (Å²) < 4.78 is 0. The summed E-state index contributed by atoms with van der Waals surface area (Å²) >= 11 is 0. The predicted molar refractivity (Wildman–Crippen MR) is 71.5 cm³/mol. The fourth-order valence-electron chi connectivity index (χ4n) is 3.37. The molecule has 2 aliphatic rings. The second-order valence-corrected chi connectivity index (χ2v) is 5.90. The third kappa shape index (κ3) is 3.47. The van der Waals surface area contributed by atoms with Gasteiger partial charge in [0.05, 0.1) is 11.8 Å². The molecule has 4 atom stereocenters. The average molecular weight is 268 g/mol. The molecule has 0 radical (unpaired) electrons. The van der Waals surface area contributed by atoms with Crippen LogP contribution in [0.25, 0.3) is 0 Å². The topological polar surface area (TPSA) is 92.4 Å². The molecule has 4 N–H and O–H groups in total. The normalized spacial score (nSPS) is 35.6. The summed E-state index contributed by atoms with van der Waals surface area (Å²) in [6.07, 6.45) is 7.22. The van der Waals surface area contributed by atoms with Crippen molar-refractivity contribution >= 4 is 11.9 Å². The quantitative estimate of drug-likeness (QED) is 0.718. The number of aliphatic carboxylic acids is 1. The SMILES string of the molecule is NC1CCCCC1NC(=O)C1CCCCC1C(=O)O. The molecule has 0 aromatic heterocycles. The number of hydrogen-bond acceptors (Lipinski definition) is 3. The van der Waals surface area contributed by atoms with E-state index in [9.17, 15) is 14.7 Å². The standard InChI is InChI=1S/C14H24N2O3/c15-11-7-3-4-8-12(11)16-13(17)9-5-1-2-6-10(9)14(18)19/h9-12H,1-8,15H2,(H,16,17)(H,18,19). The van der Waals surface area contributed by atoms with Crippen LogP contribution >= 0.6 is 0 Å². The molecule has 0 spiro atoms. The van der Waals surface area contributed by atoms with Crippen LogP contribution in [0.2, 0.25) is 0 Å². The van der Waals surface area contributed by atoms with E-state index in [1.54, 1.807) is 0 Å². The molecule has 0 aromatic carbocycles. The van der Waals surface area contributed by atoms with Gasteiger partial charge in [0.25, 0.3) is 0 Å². The van der Waals surface area contributed by atoms with Gasteiger partial charge in [0.2, 0.25) is 5.91 Å². The molecule has 0 saturated heterocycles. The first-order valence-corrected chi connectivity index (χ1v) is 7.38. The lowest BCUT2D eigenvalue weighted by Crippen LogP contribution is -2.52. The van der Waals surface area contributed by atoms with Gasteiger partial charge in [-0.2, -0.15) is 0 Å². The number of nitrogens with two attached hydrogens (primary N) is 1. The third-order valence-electron chi connectivity index (χ3n) is 4.57. The fraction of sp³-hybridized carbons (Fsp3) is 0.857. The van der Waals surface area contributed by atoms with Crippen molar-refractivity contribution in [2.45, 2.75) is 63.5 Å². The molecule has 5 heteroatoms. The summed E-state index contributed by atoms with van der Waals surface area (Å²) in [6, 6.07) is 0.0437.